The fourth-order valence-corrected chi connectivity index (χ4v) is 3.53. The SMILES string of the molecule is CC(C)(C)OC(=O)N1CCO[C@@H](c2ccc(Cl)c(F)c2)[C@](O)(CNS(C)(=O)=O)C1. The van der Waals surface area contributed by atoms with Crippen molar-refractivity contribution in [3.63, 3.8) is 0 Å². The first-order chi connectivity index (χ1) is 13.2. The normalized spacial score (nSPS) is 23.6. The van der Waals surface area contributed by atoms with Crippen molar-refractivity contribution in [1.29, 1.82) is 0 Å². The molecule has 1 fully saturated rings. The number of aliphatic hydroxyl groups is 1. The van der Waals surface area contributed by atoms with Crippen LogP contribution >= 0.6 is 11.6 Å². The minimum absolute atomic E-state index is 0.0232. The van der Waals surface area contributed by atoms with E-state index >= 15 is 0 Å². The number of hydrogen-bond donors (Lipinski definition) is 2. The zero-order chi connectivity index (χ0) is 22.0. The Morgan fingerprint density at radius 2 is 2.14 bits per heavy atom. The average molecular weight is 453 g/mol. The van der Waals surface area contributed by atoms with Gasteiger partial charge in [0, 0.05) is 13.1 Å². The van der Waals surface area contributed by atoms with E-state index < -0.39 is 45.8 Å². The molecule has 1 aromatic carbocycles. The average Bonchev–Trinajstić information content (AvgIpc) is 2.73. The van der Waals surface area contributed by atoms with Gasteiger partial charge in [-0.25, -0.2) is 22.3 Å². The highest BCUT2D eigenvalue weighted by molar-refractivity contribution is 7.88. The monoisotopic (exact) mass is 452 g/mol. The lowest BCUT2D eigenvalue weighted by Gasteiger charge is -2.36. The Labute approximate surface area is 175 Å². The molecule has 1 saturated heterocycles. The summed E-state index contributed by atoms with van der Waals surface area (Å²) >= 11 is 5.73. The third-order valence-electron chi connectivity index (χ3n) is 4.14. The van der Waals surface area contributed by atoms with Gasteiger partial charge in [-0.2, -0.15) is 0 Å². The van der Waals surface area contributed by atoms with Crippen LogP contribution in [0.25, 0.3) is 0 Å². The van der Waals surface area contributed by atoms with Crippen LogP contribution in [-0.4, -0.2) is 68.2 Å². The summed E-state index contributed by atoms with van der Waals surface area (Å²) < 4.78 is 50.5. The fourth-order valence-electron chi connectivity index (χ4n) is 2.90. The van der Waals surface area contributed by atoms with Gasteiger partial charge in [-0.1, -0.05) is 17.7 Å². The van der Waals surface area contributed by atoms with Crippen molar-refractivity contribution in [3.05, 3.63) is 34.6 Å². The van der Waals surface area contributed by atoms with Gasteiger partial charge < -0.3 is 19.5 Å². The number of carbonyl (C=O) groups excluding carboxylic acids is 1. The molecule has 1 heterocycles. The van der Waals surface area contributed by atoms with E-state index in [-0.39, 0.29) is 30.3 Å². The first-order valence-electron chi connectivity index (χ1n) is 8.92. The van der Waals surface area contributed by atoms with Gasteiger partial charge in [-0.15, -0.1) is 0 Å². The van der Waals surface area contributed by atoms with E-state index in [1.54, 1.807) is 20.8 Å². The largest absolute Gasteiger partial charge is 0.444 e. The minimum Gasteiger partial charge on any atom is -0.444 e. The van der Waals surface area contributed by atoms with E-state index in [4.69, 9.17) is 21.1 Å². The molecule has 8 nitrogen and oxygen atoms in total. The summed E-state index contributed by atoms with van der Waals surface area (Å²) in [6, 6.07) is 3.91. The Balaban J connectivity index is 2.38. The van der Waals surface area contributed by atoms with Crippen LogP contribution in [0.4, 0.5) is 9.18 Å². The Morgan fingerprint density at radius 1 is 1.48 bits per heavy atom. The molecule has 0 spiro atoms. The van der Waals surface area contributed by atoms with Gasteiger partial charge in [0.05, 0.1) is 24.4 Å². The molecular formula is C18H26ClFN2O6S. The van der Waals surface area contributed by atoms with Gasteiger partial charge in [0.25, 0.3) is 0 Å². The molecule has 0 radical (unpaired) electrons. The summed E-state index contributed by atoms with van der Waals surface area (Å²) in [4.78, 5) is 13.8. The van der Waals surface area contributed by atoms with Crippen LogP contribution in [0.1, 0.15) is 32.4 Å². The summed E-state index contributed by atoms with van der Waals surface area (Å²) in [5, 5.41) is 11.2. The summed E-state index contributed by atoms with van der Waals surface area (Å²) in [6.45, 7) is 4.49. The van der Waals surface area contributed by atoms with Crippen molar-refractivity contribution in [2.75, 3.05) is 32.5 Å². The van der Waals surface area contributed by atoms with E-state index in [9.17, 15) is 22.7 Å². The fraction of sp³-hybridized carbons (Fsp3) is 0.611. The van der Waals surface area contributed by atoms with E-state index in [0.29, 0.717) is 0 Å². The molecule has 1 aliphatic heterocycles. The third-order valence-corrected chi connectivity index (χ3v) is 5.11. The highest BCUT2D eigenvalue weighted by atomic mass is 35.5. The molecule has 2 N–H and O–H groups in total. The highest BCUT2D eigenvalue weighted by Gasteiger charge is 2.44. The highest BCUT2D eigenvalue weighted by Crippen LogP contribution is 2.34. The number of halogens is 2. The van der Waals surface area contributed by atoms with Crippen molar-refractivity contribution in [2.45, 2.75) is 38.1 Å². The number of nitrogens with one attached hydrogen (secondary N) is 1. The first kappa shape index (κ1) is 23.8. The van der Waals surface area contributed by atoms with Crippen molar-refractivity contribution in [3.8, 4) is 0 Å². The molecule has 0 unspecified atom stereocenters. The standard InChI is InChI=1S/C18H26ClFN2O6S/c1-17(2,3)28-16(23)22-7-8-27-15(12-5-6-13(19)14(20)9-12)18(24,11-22)10-21-29(4,25)26/h5-6,9,15,21,24H,7-8,10-11H2,1-4H3/t15-,18-/m0/s1. The predicted molar refractivity (Wildman–Crippen MR) is 106 cm³/mol. The van der Waals surface area contributed by atoms with Crippen LogP contribution in [-0.2, 0) is 19.5 Å². The maximum atomic E-state index is 14.0. The molecule has 0 saturated carbocycles. The number of sulfonamides is 1. The molecule has 1 aromatic rings. The zero-order valence-electron chi connectivity index (χ0n) is 16.7. The lowest BCUT2D eigenvalue weighted by molar-refractivity contribution is -0.0959. The van der Waals surface area contributed by atoms with Crippen LogP contribution < -0.4 is 4.72 Å². The molecular weight excluding hydrogens is 427 g/mol. The Morgan fingerprint density at radius 3 is 2.69 bits per heavy atom. The number of β-amino-alcohol motifs (C(OH)–C–C–N with tert-alkyl or cyclic N) is 1. The van der Waals surface area contributed by atoms with Gasteiger partial charge in [-0.3, -0.25) is 0 Å². The van der Waals surface area contributed by atoms with Crippen LogP contribution in [0.3, 0.4) is 0 Å². The molecule has 2 atom stereocenters. The first-order valence-corrected chi connectivity index (χ1v) is 11.2. The van der Waals surface area contributed by atoms with Gasteiger partial charge >= 0.3 is 6.09 Å². The Bertz CT molecular complexity index is 860. The number of amides is 1. The molecule has 2 rings (SSSR count). The predicted octanol–water partition coefficient (Wildman–Crippen LogP) is 2.07. The second kappa shape index (κ2) is 8.73. The van der Waals surface area contributed by atoms with Crippen molar-refractivity contribution < 1.29 is 32.2 Å². The number of hydrogen-bond acceptors (Lipinski definition) is 6. The Kier molecular flexibility index (Phi) is 7.17. The Hall–Kier alpha value is -1.46. The molecule has 11 heteroatoms. The van der Waals surface area contributed by atoms with Gasteiger partial charge in [0.1, 0.15) is 23.1 Å². The van der Waals surface area contributed by atoms with Crippen LogP contribution in [0.15, 0.2) is 18.2 Å². The van der Waals surface area contributed by atoms with Gasteiger partial charge in [0.15, 0.2) is 0 Å². The second-order valence-corrected chi connectivity index (χ2v) is 10.3. The van der Waals surface area contributed by atoms with E-state index in [2.05, 4.69) is 4.72 Å². The number of carbonyl (C=O) groups is 1. The lowest BCUT2D eigenvalue weighted by Crippen LogP contribution is -2.54. The zero-order valence-corrected chi connectivity index (χ0v) is 18.3. The number of rotatable bonds is 4. The molecule has 0 aliphatic carbocycles. The number of nitrogens with zero attached hydrogens (tertiary/aromatic N) is 1. The van der Waals surface area contributed by atoms with Crippen LogP contribution in [0.5, 0.6) is 0 Å². The number of benzene rings is 1. The van der Waals surface area contributed by atoms with Crippen LogP contribution in [0.2, 0.25) is 5.02 Å². The summed E-state index contributed by atoms with van der Waals surface area (Å²) in [6.07, 6.45) is -0.853. The molecule has 0 bridgehead atoms. The van der Waals surface area contributed by atoms with Gasteiger partial charge in [-0.05, 0) is 38.5 Å². The van der Waals surface area contributed by atoms with Crippen LogP contribution in [0, 0.1) is 5.82 Å². The van der Waals surface area contributed by atoms with Crippen molar-refractivity contribution >= 4 is 27.7 Å². The smallest absolute Gasteiger partial charge is 0.410 e. The van der Waals surface area contributed by atoms with E-state index in [0.717, 1.165) is 12.3 Å². The second-order valence-electron chi connectivity index (χ2n) is 8.02. The molecule has 1 amide bonds. The summed E-state index contributed by atoms with van der Waals surface area (Å²) in [5.41, 5.74) is -2.39. The minimum atomic E-state index is -3.66. The maximum absolute atomic E-state index is 14.0. The summed E-state index contributed by atoms with van der Waals surface area (Å²) in [5.74, 6) is -0.709. The maximum Gasteiger partial charge on any atom is 0.410 e. The number of ether oxygens (including phenoxy) is 2. The molecule has 164 valence electrons. The van der Waals surface area contributed by atoms with Gasteiger partial charge in [0.2, 0.25) is 10.0 Å². The van der Waals surface area contributed by atoms with Crippen molar-refractivity contribution in [1.82, 2.24) is 9.62 Å². The summed E-state index contributed by atoms with van der Waals surface area (Å²) in [7, 11) is -3.66. The molecule has 0 aromatic heterocycles. The molecule has 29 heavy (non-hydrogen) atoms. The quantitative estimate of drug-likeness (QED) is 0.724. The van der Waals surface area contributed by atoms with Crippen molar-refractivity contribution in [2.24, 2.45) is 0 Å². The topological polar surface area (TPSA) is 105 Å². The third kappa shape index (κ3) is 6.78. The van der Waals surface area contributed by atoms with E-state index in [1.165, 1.54) is 17.0 Å². The molecule has 1 aliphatic rings. The van der Waals surface area contributed by atoms with E-state index in [1.807, 2.05) is 0 Å². The lowest BCUT2D eigenvalue weighted by atomic mass is 9.90.